The van der Waals surface area contributed by atoms with Gasteiger partial charge in [-0.2, -0.15) is 0 Å². The molecule has 0 aliphatic heterocycles. The Morgan fingerprint density at radius 2 is 2.00 bits per heavy atom. The normalized spacial score (nSPS) is 15.2. The highest BCUT2D eigenvalue weighted by atomic mass is 35.5. The van der Waals surface area contributed by atoms with Crippen LogP contribution in [0.15, 0.2) is 18.2 Å². The van der Waals surface area contributed by atoms with Gasteiger partial charge >= 0.3 is 0 Å². The lowest BCUT2D eigenvalue weighted by Gasteiger charge is -2.18. The molecule has 19 heavy (non-hydrogen) atoms. The van der Waals surface area contributed by atoms with E-state index < -0.39 is 15.7 Å². The molecule has 108 valence electrons. The number of hydrogen-bond donors (Lipinski definition) is 1. The molecule has 3 nitrogen and oxygen atoms in total. The zero-order valence-corrected chi connectivity index (χ0v) is 12.9. The van der Waals surface area contributed by atoms with Crippen LogP contribution in [0, 0.1) is 11.7 Å². The van der Waals surface area contributed by atoms with Gasteiger partial charge in [0.2, 0.25) is 0 Å². The second-order valence-corrected chi connectivity index (χ2v) is 7.59. The summed E-state index contributed by atoms with van der Waals surface area (Å²) in [5, 5.41) is 3.32. The molecule has 0 aromatic heterocycles. The third-order valence-electron chi connectivity index (χ3n) is 2.80. The highest BCUT2D eigenvalue weighted by molar-refractivity contribution is 7.90. The first-order valence-electron chi connectivity index (χ1n) is 6.05. The lowest BCUT2D eigenvalue weighted by molar-refractivity contribution is 0.491. The van der Waals surface area contributed by atoms with Crippen LogP contribution in [0.3, 0.4) is 0 Å². The molecule has 0 radical (unpaired) electrons. The average molecular weight is 308 g/mol. The Bertz CT molecular complexity index is 533. The van der Waals surface area contributed by atoms with Crippen LogP contribution in [0.25, 0.3) is 0 Å². The van der Waals surface area contributed by atoms with Crippen LogP contribution in [-0.4, -0.2) is 27.0 Å². The average Bonchev–Trinajstić information content (AvgIpc) is 2.27. The fraction of sp³-hybridized carbons (Fsp3) is 0.538. The van der Waals surface area contributed by atoms with E-state index in [9.17, 15) is 12.8 Å². The Hall–Kier alpha value is -0.650. The Labute approximate surface area is 119 Å². The van der Waals surface area contributed by atoms with Crippen molar-refractivity contribution in [3.05, 3.63) is 34.6 Å². The van der Waals surface area contributed by atoms with Gasteiger partial charge in [-0.1, -0.05) is 24.6 Å². The first-order valence-corrected chi connectivity index (χ1v) is 8.49. The minimum Gasteiger partial charge on any atom is -0.310 e. The lowest BCUT2D eigenvalue weighted by atomic mass is 10.1. The molecule has 1 rings (SSSR count). The van der Waals surface area contributed by atoms with Crippen LogP contribution in [0.5, 0.6) is 0 Å². The van der Waals surface area contributed by atoms with Crippen LogP contribution in [0.1, 0.15) is 25.5 Å². The summed E-state index contributed by atoms with van der Waals surface area (Å²) in [5.41, 5.74) is 0.873. The molecule has 0 heterocycles. The van der Waals surface area contributed by atoms with Crippen molar-refractivity contribution in [2.75, 3.05) is 18.6 Å². The molecule has 0 spiro atoms. The zero-order valence-electron chi connectivity index (χ0n) is 11.3. The number of sulfone groups is 1. The number of benzene rings is 1. The summed E-state index contributed by atoms with van der Waals surface area (Å²) >= 11 is 5.73. The molecule has 0 saturated heterocycles. The third-order valence-corrected chi connectivity index (χ3v) is 4.27. The van der Waals surface area contributed by atoms with Gasteiger partial charge < -0.3 is 5.32 Å². The molecule has 6 heteroatoms. The van der Waals surface area contributed by atoms with Gasteiger partial charge in [0, 0.05) is 12.3 Å². The largest absolute Gasteiger partial charge is 0.310 e. The van der Waals surface area contributed by atoms with Crippen molar-refractivity contribution in [3.63, 3.8) is 0 Å². The van der Waals surface area contributed by atoms with Crippen molar-refractivity contribution in [3.8, 4) is 0 Å². The summed E-state index contributed by atoms with van der Waals surface area (Å²) < 4.78 is 35.3. The molecule has 0 saturated carbocycles. The van der Waals surface area contributed by atoms with Gasteiger partial charge in [0.05, 0.1) is 10.8 Å². The highest BCUT2D eigenvalue weighted by Gasteiger charge is 2.13. The number of hydrogen-bond acceptors (Lipinski definition) is 3. The van der Waals surface area contributed by atoms with E-state index in [1.54, 1.807) is 12.1 Å². The molecule has 0 aliphatic rings. The predicted octanol–water partition coefficient (Wildman–Crippen LogP) is 2.81. The lowest BCUT2D eigenvalue weighted by Crippen LogP contribution is -2.28. The van der Waals surface area contributed by atoms with Crippen LogP contribution in [0.4, 0.5) is 4.39 Å². The third kappa shape index (κ3) is 5.89. The minimum atomic E-state index is -2.96. The van der Waals surface area contributed by atoms with Crippen LogP contribution in [0.2, 0.25) is 5.02 Å². The number of nitrogens with one attached hydrogen (secondary N) is 1. The van der Waals surface area contributed by atoms with Gasteiger partial charge in [-0.3, -0.25) is 0 Å². The first kappa shape index (κ1) is 16.4. The van der Waals surface area contributed by atoms with E-state index in [0.717, 1.165) is 5.56 Å². The Morgan fingerprint density at radius 1 is 1.37 bits per heavy atom. The molecule has 0 bridgehead atoms. The molecule has 2 atom stereocenters. The monoisotopic (exact) mass is 307 g/mol. The molecule has 1 aromatic rings. The number of rotatable bonds is 6. The summed E-state index contributed by atoms with van der Waals surface area (Å²) in [7, 11) is -2.96. The fourth-order valence-corrected chi connectivity index (χ4v) is 3.19. The number of halogens is 2. The minimum absolute atomic E-state index is 0.0138. The zero-order chi connectivity index (χ0) is 14.6. The van der Waals surface area contributed by atoms with Crippen LogP contribution in [-0.2, 0) is 9.84 Å². The van der Waals surface area contributed by atoms with Crippen molar-refractivity contribution in [1.82, 2.24) is 5.32 Å². The maximum Gasteiger partial charge on any atom is 0.147 e. The summed E-state index contributed by atoms with van der Waals surface area (Å²) in [6.07, 6.45) is 1.23. The van der Waals surface area contributed by atoms with E-state index in [2.05, 4.69) is 5.32 Å². The predicted molar refractivity (Wildman–Crippen MR) is 76.7 cm³/mol. The SMILES string of the molecule is C[C@H](CN[C@@H](C)c1ccc(F)c(Cl)c1)CS(C)(=O)=O. The van der Waals surface area contributed by atoms with Gasteiger partial charge in [0.15, 0.2) is 0 Å². The van der Waals surface area contributed by atoms with Crippen molar-refractivity contribution in [2.24, 2.45) is 5.92 Å². The van der Waals surface area contributed by atoms with Crippen molar-refractivity contribution in [2.45, 2.75) is 19.9 Å². The molecule has 1 N–H and O–H groups in total. The molecular weight excluding hydrogens is 289 g/mol. The summed E-state index contributed by atoms with van der Waals surface area (Å²) in [4.78, 5) is 0. The standard InChI is InChI=1S/C13H19ClFNO2S/c1-9(8-19(3,17)18)7-16-10(2)11-4-5-13(15)12(14)6-11/h4-6,9-10,16H,7-8H2,1-3H3/t9-,10+/m1/s1. The maximum absolute atomic E-state index is 13.0. The van der Waals surface area contributed by atoms with E-state index in [4.69, 9.17) is 11.6 Å². The van der Waals surface area contributed by atoms with E-state index in [1.165, 1.54) is 12.3 Å². The molecule has 0 amide bonds. The Morgan fingerprint density at radius 3 is 2.53 bits per heavy atom. The second-order valence-electron chi connectivity index (χ2n) is 5.00. The first-order chi connectivity index (χ1) is 8.69. The van der Waals surface area contributed by atoms with E-state index in [-0.39, 0.29) is 22.7 Å². The summed E-state index contributed by atoms with van der Waals surface area (Å²) in [6, 6.07) is 4.56. The van der Waals surface area contributed by atoms with Crippen LogP contribution >= 0.6 is 11.6 Å². The molecule has 0 aliphatic carbocycles. The molecule has 0 unspecified atom stereocenters. The Kier molecular flexibility index (Phi) is 5.77. The van der Waals surface area contributed by atoms with Gasteiger partial charge in [-0.25, -0.2) is 12.8 Å². The van der Waals surface area contributed by atoms with E-state index in [0.29, 0.717) is 6.54 Å². The van der Waals surface area contributed by atoms with Crippen LogP contribution < -0.4 is 5.32 Å². The van der Waals surface area contributed by atoms with E-state index in [1.807, 2.05) is 13.8 Å². The van der Waals surface area contributed by atoms with Gasteiger partial charge in [-0.15, -0.1) is 0 Å². The van der Waals surface area contributed by atoms with Gasteiger partial charge in [-0.05, 0) is 37.1 Å². The second kappa shape index (κ2) is 6.68. The maximum atomic E-state index is 13.0. The van der Waals surface area contributed by atoms with E-state index >= 15 is 0 Å². The molecule has 0 fully saturated rings. The van der Waals surface area contributed by atoms with Crippen molar-refractivity contribution >= 4 is 21.4 Å². The summed E-state index contributed by atoms with van der Waals surface area (Å²) in [5.74, 6) is -0.270. The topological polar surface area (TPSA) is 46.2 Å². The Balaban J connectivity index is 2.55. The van der Waals surface area contributed by atoms with Crippen molar-refractivity contribution in [1.29, 1.82) is 0 Å². The quantitative estimate of drug-likeness (QED) is 0.879. The van der Waals surface area contributed by atoms with Gasteiger partial charge in [0.25, 0.3) is 0 Å². The highest BCUT2D eigenvalue weighted by Crippen LogP contribution is 2.20. The van der Waals surface area contributed by atoms with Crippen molar-refractivity contribution < 1.29 is 12.8 Å². The summed E-state index contributed by atoms with van der Waals surface area (Å²) in [6.45, 7) is 4.37. The molecular formula is C13H19ClFNO2S. The molecule has 1 aromatic carbocycles. The fourth-order valence-electron chi connectivity index (χ4n) is 1.85. The van der Waals surface area contributed by atoms with Gasteiger partial charge in [0.1, 0.15) is 15.7 Å². The smallest absolute Gasteiger partial charge is 0.147 e.